The van der Waals surface area contributed by atoms with Crippen molar-refractivity contribution in [2.24, 2.45) is 0 Å². The quantitative estimate of drug-likeness (QED) is 0.627. The number of aliphatic hydroxyl groups excluding tert-OH is 1. The number of anilines is 1. The number of hydrogen-bond donors (Lipinski definition) is 3. The van der Waals surface area contributed by atoms with Gasteiger partial charge in [-0.2, -0.15) is 5.10 Å². The number of carbonyl (C=O) groups is 1. The molecule has 1 amide bonds. The summed E-state index contributed by atoms with van der Waals surface area (Å²) in [7, 11) is 0. The maximum Gasteiger partial charge on any atom is 0.251 e. The maximum atomic E-state index is 12.0. The third-order valence-corrected chi connectivity index (χ3v) is 4.68. The highest BCUT2D eigenvalue weighted by molar-refractivity contribution is 7.16. The van der Waals surface area contributed by atoms with Crippen molar-refractivity contribution in [2.45, 2.75) is 33.4 Å². The van der Waals surface area contributed by atoms with Crippen molar-refractivity contribution < 1.29 is 9.90 Å². The molecule has 3 aromatic rings. The molecule has 0 radical (unpaired) electrons. The average molecular weight is 359 g/mol. The van der Waals surface area contributed by atoms with E-state index >= 15 is 0 Å². The minimum absolute atomic E-state index is 0.0827. The summed E-state index contributed by atoms with van der Waals surface area (Å²) in [6.07, 6.45) is 0. The molecule has 0 aliphatic rings. The van der Waals surface area contributed by atoms with Crippen molar-refractivity contribution in [3.63, 3.8) is 0 Å². The van der Waals surface area contributed by atoms with E-state index in [1.54, 1.807) is 30.4 Å². The number of aryl methyl sites for hydroxylation is 2. The van der Waals surface area contributed by atoms with Gasteiger partial charge in [0.25, 0.3) is 5.91 Å². The summed E-state index contributed by atoms with van der Waals surface area (Å²) >= 11 is 1.57. The summed E-state index contributed by atoms with van der Waals surface area (Å²) < 4.78 is 1.88. The van der Waals surface area contributed by atoms with Gasteiger partial charge in [0.15, 0.2) is 0 Å². The molecular weight excluding hydrogens is 338 g/mol. The van der Waals surface area contributed by atoms with E-state index in [4.69, 9.17) is 5.11 Å². The summed E-state index contributed by atoms with van der Waals surface area (Å²) in [5.41, 5.74) is 3.45. The fraction of sp³-hybridized carbons (Fsp3) is 0.353. The van der Waals surface area contributed by atoms with Crippen LogP contribution in [0, 0.1) is 13.8 Å². The molecule has 25 heavy (non-hydrogen) atoms. The summed E-state index contributed by atoms with van der Waals surface area (Å²) in [6, 6.07) is 6.97. The van der Waals surface area contributed by atoms with E-state index < -0.39 is 0 Å². The standard InChI is InChI=1S/C17H21N5O2S/c1-10(9-23)19-16(24)13-4-6-14(7-5-13)18-8-15-11(2)20-17-22(15)21-12(3)25-17/h4-7,10,18,23H,8-9H2,1-3H3,(H,19,24). The molecule has 7 nitrogen and oxygen atoms in total. The number of amides is 1. The largest absolute Gasteiger partial charge is 0.394 e. The van der Waals surface area contributed by atoms with Crippen LogP contribution in [0.2, 0.25) is 0 Å². The first-order chi connectivity index (χ1) is 12.0. The van der Waals surface area contributed by atoms with Crippen molar-refractivity contribution in [1.82, 2.24) is 19.9 Å². The Morgan fingerprint density at radius 2 is 2.04 bits per heavy atom. The van der Waals surface area contributed by atoms with Crippen LogP contribution in [0.25, 0.3) is 4.96 Å². The van der Waals surface area contributed by atoms with Crippen LogP contribution in [0.3, 0.4) is 0 Å². The number of hydrogen-bond acceptors (Lipinski definition) is 6. The first kappa shape index (κ1) is 17.4. The van der Waals surface area contributed by atoms with E-state index in [-0.39, 0.29) is 18.6 Å². The van der Waals surface area contributed by atoms with Crippen LogP contribution in [-0.4, -0.2) is 38.3 Å². The molecule has 0 fully saturated rings. The third kappa shape index (κ3) is 3.80. The van der Waals surface area contributed by atoms with Crippen LogP contribution in [0.1, 0.15) is 33.7 Å². The van der Waals surface area contributed by atoms with Crippen molar-refractivity contribution in [2.75, 3.05) is 11.9 Å². The molecule has 0 saturated heterocycles. The van der Waals surface area contributed by atoms with E-state index in [0.717, 1.165) is 27.0 Å². The summed E-state index contributed by atoms with van der Waals surface area (Å²) in [5, 5.41) is 20.5. The number of imidazole rings is 1. The van der Waals surface area contributed by atoms with E-state index in [1.165, 1.54) is 0 Å². The predicted molar refractivity (Wildman–Crippen MR) is 98.1 cm³/mol. The van der Waals surface area contributed by atoms with Crippen LogP contribution >= 0.6 is 11.3 Å². The molecule has 3 N–H and O–H groups in total. The molecule has 1 unspecified atom stereocenters. The molecule has 132 valence electrons. The van der Waals surface area contributed by atoms with Crippen molar-refractivity contribution in [1.29, 1.82) is 0 Å². The zero-order chi connectivity index (χ0) is 18.0. The Labute approximate surface area is 149 Å². The fourth-order valence-corrected chi connectivity index (χ4v) is 3.27. The zero-order valence-corrected chi connectivity index (χ0v) is 15.2. The minimum Gasteiger partial charge on any atom is -0.394 e. The molecule has 8 heteroatoms. The topological polar surface area (TPSA) is 91.5 Å². The van der Waals surface area contributed by atoms with Gasteiger partial charge < -0.3 is 15.7 Å². The number of nitrogens with zero attached hydrogens (tertiary/aromatic N) is 3. The molecule has 0 spiro atoms. The fourth-order valence-electron chi connectivity index (χ4n) is 2.47. The summed E-state index contributed by atoms with van der Waals surface area (Å²) in [5.74, 6) is -0.195. The Balaban J connectivity index is 1.67. The van der Waals surface area contributed by atoms with E-state index in [0.29, 0.717) is 12.1 Å². The normalized spacial score (nSPS) is 12.3. The monoisotopic (exact) mass is 359 g/mol. The number of rotatable bonds is 6. The SMILES string of the molecule is Cc1nn2c(CNc3ccc(C(=O)NC(C)CO)cc3)c(C)nc2s1. The number of benzene rings is 1. The summed E-state index contributed by atoms with van der Waals surface area (Å²) in [6.45, 7) is 6.21. The van der Waals surface area contributed by atoms with Gasteiger partial charge in [0.2, 0.25) is 4.96 Å². The van der Waals surface area contributed by atoms with E-state index in [1.807, 2.05) is 30.5 Å². The van der Waals surface area contributed by atoms with Crippen molar-refractivity contribution >= 4 is 27.9 Å². The molecule has 2 aromatic heterocycles. The molecule has 0 aliphatic carbocycles. The van der Waals surface area contributed by atoms with Gasteiger partial charge in [-0.15, -0.1) is 0 Å². The molecule has 2 heterocycles. The minimum atomic E-state index is -0.265. The number of carbonyl (C=O) groups excluding carboxylic acids is 1. The van der Waals surface area contributed by atoms with Gasteiger partial charge in [0, 0.05) is 17.3 Å². The van der Waals surface area contributed by atoms with Gasteiger partial charge in [-0.05, 0) is 45.0 Å². The average Bonchev–Trinajstić information content (AvgIpc) is 3.08. The highest BCUT2D eigenvalue weighted by Crippen LogP contribution is 2.19. The van der Waals surface area contributed by atoms with E-state index in [9.17, 15) is 4.79 Å². The van der Waals surface area contributed by atoms with Gasteiger partial charge in [0.1, 0.15) is 5.01 Å². The second-order valence-corrected chi connectivity index (χ2v) is 7.11. The molecule has 0 saturated carbocycles. The van der Waals surface area contributed by atoms with Gasteiger partial charge >= 0.3 is 0 Å². The van der Waals surface area contributed by atoms with Crippen LogP contribution in [0.4, 0.5) is 5.69 Å². The highest BCUT2D eigenvalue weighted by Gasteiger charge is 2.13. The van der Waals surface area contributed by atoms with Gasteiger partial charge in [-0.25, -0.2) is 9.50 Å². The van der Waals surface area contributed by atoms with Crippen LogP contribution in [0.15, 0.2) is 24.3 Å². The highest BCUT2D eigenvalue weighted by atomic mass is 32.1. The zero-order valence-electron chi connectivity index (χ0n) is 14.4. The lowest BCUT2D eigenvalue weighted by Gasteiger charge is -2.11. The smallest absolute Gasteiger partial charge is 0.251 e. The Bertz CT molecular complexity index is 884. The summed E-state index contributed by atoms with van der Waals surface area (Å²) in [4.78, 5) is 17.4. The Kier molecular flexibility index (Phi) is 5.00. The molecule has 0 bridgehead atoms. The van der Waals surface area contributed by atoms with Crippen LogP contribution < -0.4 is 10.6 Å². The predicted octanol–water partition coefficient (Wildman–Crippen LogP) is 2.13. The Hall–Kier alpha value is -2.45. The second-order valence-electron chi connectivity index (χ2n) is 5.95. The Morgan fingerprint density at radius 1 is 1.32 bits per heavy atom. The number of fused-ring (bicyclic) bond motifs is 1. The maximum absolute atomic E-state index is 12.0. The van der Waals surface area contributed by atoms with Crippen LogP contribution in [0.5, 0.6) is 0 Å². The van der Waals surface area contributed by atoms with Crippen LogP contribution in [-0.2, 0) is 6.54 Å². The lowest BCUT2D eigenvalue weighted by atomic mass is 10.2. The molecular formula is C17H21N5O2S. The molecule has 1 atom stereocenters. The van der Waals surface area contributed by atoms with Gasteiger partial charge in [0.05, 0.1) is 24.5 Å². The lowest BCUT2D eigenvalue weighted by molar-refractivity contribution is 0.0922. The third-order valence-electron chi connectivity index (χ3n) is 3.86. The number of nitrogens with one attached hydrogen (secondary N) is 2. The second kappa shape index (κ2) is 7.20. The molecule has 0 aliphatic heterocycles. The van der Waals surface area contributed by atoms with Gasteiger partial charge in [-0.3, -0.25) is 4.79 Å². The molecule has 3 rings (SSSR count). The van der Waals surface area contributed by atoms with Gasteiger partial charge in [-0.1, -0.05) is 11.3 Å². The molecule has 1 aromatic carbocycles. The van der Waals surface area contributed by atoms with Crippen molar-refractivity contribution in [3.05, 3.63) is 46.2 Å². The number of aliphatic hydroxyl groups is 1. The van der Waals surface area contributed by atoms with Crippen molar-refractivity contribution in [3.8, 4) is 0 Å². The number of aromatic nitrogens is 3. The first-order valence-corrected chi connectivity index (χ1v) is 8.87. The lowest BCUT2D eigenvalue weighted by Crippen LogP contribution is -2.34. The Morgan fingerprint density at radius 3 is 2.72 bits per heavy atom. The first-order valence-electron chi connectivity index (χ1n) is 8.05. The van der Waals surface area contributed by atoms with E-state index in [2.05, 4.69) is 20.7 Å².